The molecule has 0 saturated heterocycles. The molecule has 17 heavy (non-hydrogen) atoms. The van der Waals surface area contributed by atoms with Gasteiger partial charge >= 0.3 is 6.36 Å². The minimum absolute atomic E-state index is 0.455. The largest absolute Gasteiger partial charge is 0.573 e. The van der Waals surface area contributed by atoms with Crippen LogP contribution in [-0.4, -0.2) is 19.8 Å². The lowest BCUT2D eigenvalue weighted by atomic mass is 10.3. The van der Waals surface area contributed by atoms with E-state index in [9.17, 15) is 26.0 Å². The number of pyridine rings is 1. The van der Waals surface area contributed by atoms with Gasteiger partial charge in [-0.05, 0) is 6.92 Å². The lowest BCUT2D eigenvalue weighted by Crippen LogP contribution is -2.19. The summed E-state index contributed by atoms with van der Waals surface area (Å²) in [5.41, 5.74) is -0.455. The number of hydrogen-bond acceptors (Lipinski definition) is 4. The molecule has 10 heteroatoms. The maximum Gasteiger partial charge on any atom is 0.573 e. The molecule has 0 fully saturated rings. The summed E-state index contributed by atoms with van der Waals surface area (Å²) in [5, 5.41) is 0. The zero-order chi connectivity index (χ0) is 13.4. The van der Waals surface area contributed by atoms with Crippen molar-refractivity contribution in [1.29, 1.82) is 0 Å². The van der Waals surface area contributed by atoms with Crippen LogP contribution in [0.4, 0.5) is 17.6 Å². The first-order chi connectivity index (χ1) is 7.52. The second-order valence-corrected chi connectivity index (χ2v) is 5.37. The van der Waals surface area contributed by atoms with Gasteiger partial charge in [-0.1, -0.05) is 0 Å². The molecule has 1 rings (SSSR count). The summed E-state index contributed by atoms with van der Waals surface area (Å²) in [7, 11) is 0.274. The van der Waals surface area contributed by atoms with Crippen LogP contribution in [0.15, 0.2) is 11.1 Å². The van der Waals surface area contributed by atoms with Crippen molar-refractivity contribution in [2.45, 2.75) is 18.2 Å². The van der Waals surface area contributed by atoms with E-state index in [2.05, 4.69) is 9.72 Å². The van der Waals surface area contributed by atoms with Crippen molar-refractivity contribution in [1.82, 2.24) is 4.98 Å². The number of halogens is 5. The molecule has 0 bridgehead atoms. The van der Waals surface area contributed by atoms with Gasteiger partial charge in [-0.2, -0.15) is 0 Å². The van der Waals surface area contributed by atoms with E-state index >= 15 is 0 Å². The van der Waals surface area contributed by atoms with E-state index in [-0.39, 0.29) is 0 Å². The molecule has 0 saturated carbocycles. The van der Waals surface area contributed by atoms with Gasteiger partial charge in [-0.15, -0.1) is 13.2 Å². The average Bonchev–Trinajstić information content (AvgIpc) is 2.08. The first-order valence-corrected chi connectivity index (χ1v) is 6.19. The molecule has 0 radical (unpaired) electrons. The molecule has 0 amide bonds. The van der Waals surface area contributed by atoms with Gasteiger partial charge in [0.25, 0.3) is 9.05 Å². The summed E-state index contributed by atoms with van der Waals surface area (Å²) in [6.07, 6.45) is -4.65. The molecule has 4 nitrogen and oxygen atoms in total. The van der Waals surface area contributed by atoms with Crippen molar-refractivity contribution in [3.8, 4) is 5.75 Å². The molecule has 0 unspecified atom stereocenters. The van der Waals surface area contributed by atoms with Gasteiger partial charge < -0.3 is 4.74 Å². The Balaban J connectivity index is 3.41. The molecule has 0 aromatic carbocycles. The predicted octanol–water partition coefficient (Wildman–Crippen LogP) is 2.36. The number of hydrogen-bond donors (Lipinski definition) is 0. The summed E-state index contributed by atoms with van der Waals surface area (Å²) < 4.78 is 74.2. The fourth-order valence-electron chi connectivity index (χ4n) is 0.946. The Morgan fingerprint density at radius 3 is 2.35 bits per heavy atom. The average molecular weight is 294 g/mol. The highest BCUT2D eigenvalue weighted by Crippen LogP contribution is 2.32. The zero-order valence-electron chi connectivity index (χ0n) is 8.05. The Kier molecular flexibility index (Phi) is 3.53. The van der Waals surface area contributed by atoms with Gasteiger partial charge in [0.1, 0.15) is 4.90 Å². The van der Waals surface area contributed by atoms with E-state index in [0.717, 1.165) is 6.92 Å². The van der Waals surface area contributed by atoms with Crippen LogP contribution >= 0.6 is 10.7 Å². The van der Waals surface area contributed by atoms with Crippen LogP contribution in [0.25, 0.3) is 0 Å². The second kappa shape index (κ2) is 4.30. The Hall–Kier alpha value is -1.09. The molecule has 0 aliphatic heterocycles. The van der Waals surface area contributed by atoms with Crippen LogP contribution in [0.1, 0.15) is 5.69 Å². The molecule has 96 valence electrons. The van der Waals surface area contributed by atoms with Crippen LogP contribution in [0.5, 0.6) is 5.75 Å². The van der Waals surface area contributed by atoms with Crippen LogP contribution in [0.2, 0.25) is 0 Å². The fourth-order valence-corrected chi connectivity index (χ4v) is 1.75. The van der Waals surface area contributed by atoms with Crippen LogP contribution in [0.3, 0.4) is 0 Å². The van der Waals surface area contributed by atoms with Crippen molar-refractivity contribution in [3.05, 3.63) is 17.7 Å². The highest BCUT2D eigenvalue weighted by Gasteiger charge is 2.35. The van der Waals surface area contributed by atoms with Gasteiger partial charge in [0, 0.05) is 10.7 Å². The Labute approximate surface area is 97.6 Å². The van der Waals surface area contributed by atoms with E-state index in [4.69, 9.17) is 10.7 Å². The summed E-state index contributed by atoms with van der Waals surface area (Å²) >= 11 is 0. The molecule has 0 aliphatic rings. The van der Waals surface area contributed by atoms with E-state index < -0.39 is 37.6 Å². The van der Waals surface area contributed by atoms with Crippen LogP contribution < -0.4 is 4.74 Å². The van der Waals surface area contributed by atoms with E-state index in [1.807, 2.05) is 0 Å². The normalized spacial score (nSPS) is 12.6. The first-order valence-electron chi connectivity index (χ1n) is 3.88. The Bertz CT molecular complexity index is 543. The number of alkyl halides is 3. The van der Waals surface area contributed by atoms with Gasteiger partial charge in [0.2, 0.25) is 0 Å². The molecular weight excluding hydrogens is 290 g/mol. The minimum atomic E-state index is -5.16. The maximum atomic E-state index is 13.4. The molecule has 0 aliphatic carbocycles. The van der Waals surface area contributed by atoms with E-state index in [1.165, 1.54) is 0 Å². The molecule has 1 heterocycles. The fraction of sp³-hybridized carbons (Fsp3) is 0.286. The van der Waals surface area contributed by atoms with Crippen molar-refractivity contribution < 1.29 is 30.7 Å². The third-order valence-electron chi connectivity index (χ3n) is 1.60. The molecular formula is C7H4ClF4NO3S. The number of aromatic nitrogens is 1. The van der Waals surface area contributed by atoms with Crippen molar-refractivity contribution in [3.63, 3.8) is 0 Å². The Morgan fingerprint density at radius 2 is 1.94 bits per heavy atom. The first kappa shape index (κ1) is 14.0. The summed E-state index contributed by atoms with van der Waals surface area (Å²) in [4.78, 5) is 2.09. The van der Waals surface area contributed by atoms with E-state index in [1.54, 1.807) is 0 Å². The smallest absolute Gasteiger partial charge is 0.401 e. The number of ether oxygens (including phenoxy) is 1. The third-order valence-corrected chi connectivity index (χ3v) is 2.91. The van der Waals surface area contributed by atoms with Crippen LogP contribution in [0, 0.1) is 12.7 Å². The second-order valence-electron chi connectivity index (χ2n) is 2.84. The van der Waals surface area contributed by atoms with E-state index in [0.29, 0.717) is 6.20 Å². The van der Waals surface area contributed by atoms with Gasteiger partial charge in [-0.3, -0.25) is 4.98 Å². The number of rotatable bonds is 2. The lowest BCUT2D eigenvalue weighted by Gasteiger charge is -2.12. The third kappa shape index (κ3) is 3.43. The standard InChI is InChI=1S/C7H4ClF4NO3S/c1-3-6(16-7(10,11)12)5(9)4(2-13-3)17(8,14)15/h2H,1H3. The topological polar surface area (TPSA) is 56.3 Å². The monoisotopic (exact) mass is 293 g/mol. The molecule has 0 spiro atoms. The highest BCUT2D eigenvalue weighted by atomic mass is 35.7. The Morgan fingerprint density at radius 1 is 1.41 bits per heavy atom. The van der Waals surface area contributed by atoms with Crippen LogP contribution in [-0.2, 0) is 9.05 Å². The summed E-state index contributed by atoms with van der Waals surface area (Å²) in [6, 6.07) is 0. The number of nitrogens with zero attached hydrogens (tertiary/aromatic N) is 1. The minimum Gasteiger partial charge on any atom is -0.401 e. The number of aryl methyl sites for hydroxylation is 1. The van der Waals surface area contributed by atoms with Crippen molar-refractivity contribution in [2.24, 2.45) is 0 Å². The van der Waals surface area contributed by atoms with Gasteiger partial charge in [0.05, 0.1) is 11.9 Å². The van der Waals surface area contributed by atoms with Gasteiger partial charge in [-0.25, -0.2) is 12.8 Å². The summed E-state index contributed by atoms with van der Waals surface area (Å²) in [5.74, 6) is -3.05. The SMILES string of the molecule is Cc1ncc(S(=O)(=O)Cl)c(F)c1OC(F)(F)F. The van der Waals surface area contributed by atoms with Gasteiger partial charge in [0.15, 0.2) is 11.6 Å². The molecule has 1 aromatic heterocycles. The quantitative estimate of drug-likeness (QED) is 0.620. The molecule has 1 aromatic rings. The highest BCUT2D eigenvalue weighted by molar-refractivity contribution is 8.13. The molecule has 0 N–H and O–H groups in total. The lowest BCUT2D eigenvalue weighted by molar-refractivity contribution is -0.276. The maximum absolute atomic E-state index is 13.4. The van der Waals surface area contributed by atoms with Crippen molar-refractivity contribution >= 4 is 19.7 Å². The molecule has 0 atom stereocenters. The predicted molar refractivity (Wildman–Crippen MR) is 48.7 cm³/mol. The summed E-state index contributed by atoms with van der Waals surface area (Å²) in [6.45, 7) is 1.02. The zero-order valence-corrected chi connectivity index (χ0v) is 9.62. The van der Waals surface area contributed by atoms with Crippen molar-refractivity contribution in [2.75, 3.05) is 0 Å².